The molecule has 0 amide bonds. The summed E-state index contributed by atoms with van der Waals surface area (Å²) in [6.07, 6.45) is 1.66. The van der Waals surface area contributed by atoms with Crippen molar-refractivity contribution in [2.45, 2.75) is 13.5 Å². The Morgan fingerprint density at radius 3 is 2.89 bits per heavy atom. The predicted molar refractivity (Wildman–Crippen MR) is 69.7 cm³/mol. The molecule has 6 heteroatoms. The molecule has 0 aliphatic heterocycles. The van der Waals surface area contributed by atoms with E-state index in [4.69, 9.17) is 5.11 Å². The van der Waals surface area contributed by atoms with Crippen LogP contribution in [0.4, 0.5) is 0 Å². The van der Waals surface area contributed by atoms with Crippen molar-refractivity contribution in [1.82, 2.24) is 19.7 Å². The minimum Gasteiger partial charge on any atom is -0.480 e. The maximum Gasteiger partial charge on any atom is 0.323 e. The normalized spacial score (nSPS) is 11.0. The number of hydrogen-bond donors (Lipinski definition) is 2. The fraction of sp³-hybridized carbons (Fsp3) is 0.154. The van der Waals surface area contributed by atoms with Gasteiger partial charge in [0.15, 0.2) is 0 Å². The van der Waals surface area contributed by atoms with Gasteiger partial charge in [-0.25, -0.2) is 4.98 Å². The predicted octanol–water partition coefficient (Wildman–Crippen LogP) is 1.82. The molecule has 0 spiro atoms. The van der Waals surface area contributed by atoms with Crippen LogP contribution in [0, 0.1) is 6.92 Å². The van der Waals surface area contributed by atoms with Crippen LogP contribution in [-0.2, 0) is 11.3 Å². The first kappa shape index (κ1) is 11.5. The summed E-state index contributed by atoms with van der Waals surface area (Å²) < 4.78 is 1.69. The highest BCUT2D eigenvalue weighted by Gasteiger charge is 2.16. The lowest BCUT2D eigenvalue weighted by molar-refractivity contribution is -0.137. The number of carboxylic acid groups (broad SMARTS) is 1. The van der Waals surface area contributed by atoms with Gasteiger partial charge in [-0.15, -0.1) is 0 Å². The first-order chi connectivity index (χ1) is 9.16. The van der Waals surface area contributed by atoms with E-state index in [2.05, 4.69) is 15.2 Å². The number of hydrogen-bond acceptors (Lipinski definition) is 3. The Hall–Kier alpha value is -2.63. The molecule has 0 aliphatic rings. The first-order valence-electron chi connectivity index (χ1n) is 5.84. The van der Waals surface area contributed by atoms with E-state index in [0.717, 1.165) is 22.3 Å². The monoisotopic (exact) mass is 256 g/mol. The highest BCUT2D eigenvalue weighted by molar-refractivity contribution is 5.83. The second kappa shape index (κ2) is 4.24. The Morgan fingerprint density at radius 2 is 2.21 bits per heavy atom. The van der Waals surface area contributed by atoms with Crippen molar-refractivity contribution in [2.24, 2.45) is 0 Å². The maximum atomic E-state index is 11.0. The summed E-state index contributed by atoms with van der Waals surface area (Å²) in [4.78, 5) is 15.6. The van der Waals surface area contributed by atoms with Gasteiger partial charge in [0.2, 0.25) is 0 Å². The van der Waals surface area contributed by atoms with E-state index in [9.17, 15) is 4.79 Å². The molecule has 96 valence electrons. The molecule has 2 aromatic heterocycles. The molecule has 0 radical (unpaired) electrons. The molecule has 0 atom stereocenters. The summed E-state index contributed by atoms with van der Waals surface area (Å²) >= 11 is 0. The Kier molecular flexibility index (Phi) is 2.56. The van der Waals surface area contributed by atoms with Gasteiger partial charge in [-0.05, 0) is 19.1 Å². The summed E-state index contributed by atoms with van der Waals surface area (Å²) in [5, 5.41) is 15.9. The molecule has 0 aliphatic carbocycles. The number of benzene rings is 1. The molecule has 0 bridgehead atoms. The van der Waals surface area contributed by atoms with Gasteiger partial charge >= 0.3 is 5.97 Å². The van der Waals surface area contributed by atoms with E-state index in [-0.39, 0.29) is 6.54 Å². The number of aromatic amines is 1. The summed E-state index contributed by atoms with van der Waals surface area (Å²) in [5.41, 5.74) is 3.26. The van der Waals surface area contributed by atoms with Crippen LogP contribution in [0.25, 0.3) is 22.4 Å². The number of H-pyrrole nitrogens is 1. The maximum absolute atomic E-state index is 11.0. The van der Waals surface area contributed by atoms with Crippen LogP contribution >= 0.6 is 0 Å². The van der Waals surface area contributed by atoms with E-state index in [0.29, 0.717) is 5.82 Å². The number of fused-ring (bicyclic) bond motifs is 1. The van der Waals surface area contributed by atoms with Crippen molar-refractivity contribution >= 4 is 17.0 Å². The van der Waals surface area contributed by atoms with Gasteiger partial charge in [0.25, 0.3) is 0 Å². The van der Waals surface area contributed by atoms with Gasteiger partial charge < -0.3 is 9.67 Å². The van der Waals surface area contributed by atoms with E-state index in [1.807, 2.05) is 31.2 Å². The van der Waals surface area contributed by atoms with Gasteiger partial charge in [0.05, 0.1) is 22.8 Å². The minimum atomic E-state index is -0.898. The first-order valence-corrected chi connectivity index (χ1v) is 5.84. The molecule has 0 saturated heterocycles. The van der Waals surface area contributed by atoms with Crippen LogP contribution in [0.5, 0.6) is 0 Å². The lowest BCUT2D eigenvalue weighted by Gasteiger charge is -2.05. The van der Waals surface area contributed by atoms with E-state index in [1.165, 1.54) is 0 Å². The summed E-state index contributed by atoms with van der Waals surface area (Å²) in [7, 11) is 0. The van der Waals surface area contributed by atoms with Crippen molar-refractivity contribution in [2.75, 3.05) is 0 Å². The molecule has 0 saturated carbocycles. The van der Waals surface area contributed by atoms with Crippen molar-refractivity contribution < 1.29 is 9.90 Å². The Morgan fingerprint density at radius 1 is 1.42 bits per heavy atom. The van der Waals surface area contributed by atoms with Gasteiger partial charge in [-0.2, -0.15) is 5.10 Å². The van der Waals surface area contributed by atoms with Crippen LogP contribution < -0.4 is 0 Å². The van der Waals surface area contributed by atoms with Crippen LogP contribution in [-0.4, -0.2) is 30.8 Å². The van der Waals surface area contributed by atoms with E-state index < -0.39 is 5.97 Å². The van der Waals surface area contributed by atoms with Gasteiger partial charge in [-0.3, -0.25) is 9.89 Å². The largest absolute Gasteiger partial charge is 0.480 e. The number of nitrogens with one attached hydrogen (secondary N) is 1. The molecule has 3 rings (SSSR count). The average Bonchev–Trinajstić information content (AvgIpc) is 2.93. The molecule has 1 aromatic carbocycles. The average molecular weight is 256 g/mol. The molecular weight excluding hydrogens is 244 g/mol. The number of aromatic nitrogens is 4. The summed E-state index contributed by atoms with van der Waals surface area (Å²) in [6.45, 7) is 1.76. The fourth-order valence-electron chi connectivity index (χ4n) is 2.15. The van der Waals surface area contributed by atoms with Crippen molar-refractivity contribution in [3.8, 4) is 11.4 Å². The number of rotatable bonds is 3. The third kappa shape index (κ3) is 1.87. The minimum absolute atomic E-state index is 0.125. The number of aliphatic carboxylic acids is 1. The Balaban J connectivity index is 2.28. The zero-order valence-electron chi connectivity index (χ0n) is 10.3. The van der Waals surface area contributed by atoms with E-state index >= 15 is 0 Å². The zero-order chi connectivity index (χ0) is 13.4. The highest BCUT2D eigenvalue weighted by Crippen LogP contribution is 2.25. The second-order valence-corrected chi connectivity index (χ2v) is 4.31. The molecule has 0 unspecified atom stereocenters. The third-order valence-corrected chi connectivity index (χ3v) is 3.02. The van der Waals surface area contributed by atoms with Gasteiger partial charge in [0, 0.05) is 5.69 Å². The van der Waals surface area contributed by atoms with Crippen LogP contribution in [0.2, 0.25) is 0 Å². The highest BCUT2D eigenvalue weighted by atomic mass is 16.4. The van der Waals surface area contributed by atoms with Crippen LogP contribution in [0.3, 0.4) is 0 Å². The number of imidazole rings is 1. The van der Waals surface area contributed by atoms with Crippen molar-refractivity contribution in [3.05, 3.63) is 36.2 Å². The lowest BCUT2D eigenvalue weighted by Crippen LogP contribution is -2.10. The Bertz CT molecular complexity index is 757. The molecule has 2 heterocycles. The smallest absolute Gasteiger partial charge is 0.323 e. The Labute approximate surface area is 108 Å². The zero-order valence-corrected chi connectivity index (χ0v) is 10.3. The number of aryl methyl sites for hydroxylation is 1. The number of para-hydroxylation sites is 2. The SMILES string of the molecule is Cc1[nH]ncc1-c1nc2ccccc2n1CC(=O)O. The molecule has 6 nitrogen and oxygen atoms in total. The molecule has 2 N–H and O–H groups in total. The van der Waals surface area contributed by atoms with Crippen LogP contribution in [0.1, 0.15) is 5.69 Å². The van der Waals surface area contributed by atoms with Crippen molar-refractivity contribution in [3.63, 3.8) is 0 Å². The lowest BCUT2D eigenvalue weighted by atomic mass is 10.2. The fourth-order valence-corrected chi connectivity index (χ4v) is 2.15. The summed E-state index contributed by atoms with van der Waals surface area (Å²) in [6, 6.07) is 7.48. The number of carboxylic acids is 1. The number of nitrogens with zero attached hydrogens (tertiary/aromatic N) is 3. The van der Waals surface area contributed by atoms with Crippen LogP contribution in [0.15, 0.2) is 30.5 Å². The van der Waals surface area contributed by atoms with Gasteiger partial charge in [-0.1, -0.05) is 12.1 Å². The quantitative estimate of drug-likeness (QED) is 0.748. The van der Waals surface area contributed by atoms with Crippen molar-refractivity contribution in [1.29, 1.82) is 0 Å². The number of carbonyl (C=O) groups is 1. The topological polar surface area (TPSA) is 83.8 Å². The summed E-state index contributed by atoms with van der Waals surface area (Å²) in [5.74, 6) is -0.277. The second-order valence-electron chi connectivity index (χ2n) is 4.31. The third-order valence-electron chi connectivity index (χ3n) is 3.02. The van der Waals surface area contributed by atoms with Gasteiger partial charge in [0.1, 0.15) is 12.4 Å². The van der Waals surface area contributed by atoms with E-state index in [1.54, 1.807) is 10.8 Å². The molecule has 3 aromatic rings. The molecular formula is C13H12N4O2. The standard InChI is InChI=1S/C13H12N4O2/c1-8-9(6-14-16-8)13-15-10-4-2-3-5-11(10)17(13)7-12(18)19/h2-6H,7H2,1H3,(H,14,16)(H,18,19). The molecule has 0 fully saturated rings. The molecule has 19 heavy (non-hydrogen) atoms.